The van der Waals surface area contributed by atoms with Gasteiger partial charge in [-0.25, -0.2) is 4.39 Å². The van der Waals surface area contributed by atoms with Crippen LogP contribution >= 0.6 is 0 Å². The Morgan fingerprint density at radius 2 is 2.17 bits per heavy atom. The van der Waals surface area contributed by atoms with Crippen LogP contribution in [-0.2, 0) is 0 Å². The van der Waals surface area contributed by atoms with Crippen molar-refractivity contribution in [2.45, 2.75) is 19.4 Å². The normalized spacial score (nSPS) is 24.1. The number of benzene rings is 1. The molecule has 5 heteroatoms. The monoisotopic (exact) mass is 251 g/mol. The van der Waals surface area contributed by atoms with Gasteiger partial charge in [0.2, 0.25) is 5.91 Å². The molecule has 1 heterocycles. The maximum absolute atomic E-state index is 14.0. The molecule has 4 nitrogen and oxygen atoms in total. The van der Waals surface area contributed by atoms with E-state index in [4.69, 9.17) is 11.5 Å². The molecule has 1 saturated heterocycles. The van der Waals surface area contributed by atoms with Gasteiger partial charge in [0.15, 0.2) is 0 Å². The molecule has 1 aliphatic heterocycles. The van der Waals surface area contributed by atoms with Crippen molar-refractivity contribution in [2.75, 3.05) is 18.0 Å². The average molecular weight is 251 g/mol. The Kier molecular flexibility index (Phi) is 3.52. The molecule has 4 N–H and O–H groups in total. The second-order valence-electron chi connectivity index (χ2n) is 5.04. The molecule has 1 amide bonds. The average Bonchev–Trinajstić information content (AvgIpc) is 2.27. The van der Waals surface area contributed by atoms with Gasteiger partial charge in [0.1, 0.15) is 5.82 Å². The van der Waals surface area contributed by atoms with E-state index in [0.29, 0.717) is 18.2 Å². The number of hydrogen-bond donors (Lipinski definition) is 2. The first-order valence-corrected chi connectivity index (χ1v) is 6.07. The van der Waals surface area contributed by atoms with Crippen molar-refractivity contribution in [3.05, 3.63) is 29.6 Å². The summed E-state index contributed by atoms with van der Waals surface area (Å²) in [6, 6.07) is 4.39. The summed E-state index contributed by atoms with van der Waals surface area (Å²) in [6.07, 6.45) is 0.956. The van der Waals surface area contributed by atoms with E-state index in [-0.39, 0.29) is 11.6 Å². The topological polar surface area (TPSA) is 72.3 Å². The van der Waals surface area contributed by atoms with Crippen LogP contribution in [0.25, 0.3) is 0 Å². The number of primary amides is 1. The molecule has 18 heavy (non-hydrogen) atoms. The van der Waals surface area contributed by atoms with E-state index in [0.717, 1.165) is 13.0 Å². The summed E-state index contributed by atoms with van der Waals surface area (Å²) in [6.45, 7) is 3.51. The number of nitrogens with zero attached hydrogens (tertiary/aromatic N) is 1. The van der Waals surface area contributed by atoms with Crippen molar-refractivity contribution in [3.63, 3.8) is 0 Å². The van der Waals surface area contributed by atoms with Gasteiger partial charge in [-0.2, -0.15) is 0 Å². The van der Waals surface area contributed by atoms with Crippen LogP contribution in [0, 0.1) is 11.7 Å². The summed E-state index contributed by atoms with van der Waals surface area (Å²) < 4.78 is 14.0. The van der Waals surface area contributed by atoms with Gasteiger partial charge in [0.05, 0.1) is 5.69 Å². The number of carbonyl (C=O) groups excluding carboxylic acids is 1. The van der Waals surface area contributed by atoms with Crippen molar-refractivity contribution in [2.24, 2.45) is 17.4 Å². The zero-order valence-corrected chi connectivity index (χ0v) is 10.4. The zero-order valence-electron chi connectivity index (χ0n) is 10.4. The van der Waals surface area contributed by atoms with E-state index in [1.807, 2.05) is 4.90 Å². The summed E-state index contributed by atoms with van der Waals surface area (Å²) in [5.41, 5.74) is 11.7. The fraction of sp³-hybridized carbons (Fsp3) is 0.462. The molecule has 0 radical (unpaired) electrons. The summed E-state index contributed by atoms with van der Waals surface area (Å²) in [7, 11) is 0. The number of nitrogens with two attached hydrogens (primary N) is 2. The molecule has 2 rings (SSSR count). The predicted octanol–water partition coefficient (Wildman–Crippen LogP) is 1.10. The van der Waals surface area contributed by atoms with Crippen molar-refractivity contribution < 1.29 is 9.18 Å². The van der Waals surface area contributed by atoms with Gasteiger partial charge in [-0.05, 0) is 30.5 Å². The largest absolute Gasteiger partial charge is 0.367 e. The Balaban J connectivity index is 2.25. The SMILES string of the molecule is CC1CC(N)CN(c2ccc(C(N)=O)cc2F)C1. The number of piperidine rings is 1. The maximum atomic E-state index is 14.0. The van der Waals surface area contributed by atoms with Gasteiger partial charge in [0.25, 0.3) is 0 Å². The van der Waals surface area contributed by atoms with Crippen molar-refractivity contribution in [1.82, 2.24) is 0 Å². The smallest absolute Gasteiger partial charge is 0.248 e. The molecule has 1 aliphatic rings. The van der Waals surface area contributed by atoms with Crippen LogP contribution < -0.4 is 16.4 Å². The lowest BCUT2D eigenvalue weighted by molar-refractivity contribution is 0.1000. The third kappa shape index (κ3) is 2.61. The number of amides is 1. The highest BCUT2D eigenvalue weighted by Crippen LogP contribution is 2.25. The Labute approximate surface area is 106 Å². The lowest BCUT2D eigenvalue weighted by Gasteiger charge is -2.36. The number of hydrogen-bond acceptors (Lipinski definition) is 3. The third-order valence-corrected chi connectivity index (χ3v) is 3.26. The molecular weight excluding hydrogens is 233 g/mol. The van der Waals surface area contributed by atoms with E-state index in [1.165, 1.54) is 6.07 Å². The summed E-state index contributed by atoms with van der Waals surface area (Å²) in [5.74, 6) is -0.610. The minimum absolute atomic E-state index is 0.0592. The highest BCUT2D eigenvalue weighted by molar-refractivity contribution is 5.93. The first kappa shape index (κ1) is 12.8. The molecule has 0 aromatic heterocycles. The van der Waals surface area contributed by atoms with E-state index >= 15 is 0 Å². The maximum Gasteiger partial charge on any atom is 0.248 e. The first-order chi connectivity index (χ1) is 8.47. The minimum Gasteiger partial charge on any atom is -0.367 e. The summed E-state index contributed by atoms with van der Waals surface area (Å²) in [4.78, 5) is 12.9. The van der Waals surface area contributed by atoms with Gasteiger partial charge >= 0.3 is 0 Å². The van der Waals surface area contributed by atoms with Gasteiger partial charge in [-0.15, -0.1) is 0 Å². The molecule has 1 aromatic rings. The fourth-order valence-electron chi connectivity index (χ4n) is 2.51. The fourth-order valence-corrected chi connectivity index (χ4v) is 2.51. The van der Waals surface area contributed by atoms with Crippen LogP contribution in [-0.4, -0.2) is 25.0 Å². The molecule has 1 aromatic carbocycles. The van der Waals surface area contributed by atoms with Crippen LogP contribution in [0.4, 0.5) is 10.1 Å². The highest BCUT2D eigenvalue weighted by atomic mass is 19.1. The second-order valence-corrected chi connectivity index (χ2v) is 5.04. The standard InChI is InChI=1S/C13H18FN3O/c1-8-4-10(15)7-17(6-8)12-3-2-9(13(16)18)5-11(12)14/h2-3,5,8,10H,4,6-7,15H2,1H3,(H2,16,18). The quantitative estimate of drug-likeness (QED) is 0.826. The number of rotatable bonds is 2. The molecular formula is C13H18FN3O. The molecule has 2 atom stereocenters. The van der Waals surface area contributed by atoms with Gasteiger partial charge < -0.3 is 16.4 Å². The van der Waals surface area contributed by atoms with Crippen LogP contribution in [0.2, 0.25) is 0 Å². The van der Waals surface area contributed by atoms with Crippen molar-refractivity contribution >= 4 is 11.6 Å². The Hall–Kier alpha value is -1.62. The van der Waals surface area contributed by atoms with Crippen LogP contribution in [0.15, 0.2) is 18.2 Å². The van der Waals surface area contributed by atoms with E-state index in [2.05, 4.69) is 6.92 Å². The molecule has 0 bridgehead atoms. The molecule has 0 spiro atoms. The molecule has 98 valence electrons. The molecule has 1 fully saturated rings. The lowest BCUT2D eigenvalue weighted by Crippen LogP contribution is -2.46. The number of halogens is 1. The zero-order chi connectivity index (χ0) is 13.3. The molecule has 0 saturated carbocycles. The molecule has 0 aliphatic carbocycles. The minimum atomic E-state index is -0.621. The van der Waals surface area contributed by atoms with Crippen molar-refractivity contribution in [1.29, 1.82) is 0 Å². The second kappa shape index (κ2) is 4.94. The van der Waals surface area contributed by atoms with Gasteiger partial charge in [-0.3, -0.25) is 4.79 Å². The molecule has 2 unspecified atom stereocenters. The highest BCUT2D eigenvalue weighted by Gasteiger charge is 2.24. The Bertz CT molecular complexity index is 454. The van der Waals surface area contributed by atoms with Crippen LogP contribution in [0.3, 0.4) is 0 Å². The number of carbonyl (C=O) groups is 1. The first-order valence-electron chi connectivity index (χ1n) is 6.07. The van der Waals surface area contributed by atoms with Crippen LogP contribution in [0.1, 0.15) is 23.7 Å². The van der Waals surface area contributed by atoms with Crippen LogP contribution in [0.5, 0.6) is 0 Å². The van der Waals surface area contributed by atoms with Gasteiger partial charge in [-0.1, -0.05) is 6.92 Å². The van der Waals surface area contributed by atoms with Crippen molar-refractivity contribution in [3.8, 4) is 0 Å². The Morgan fingerprint density at radius 1 is 1.44 bits per heavy atom. The Morgan fingerprint density at radius 3 is 2.72 bits per heavy atom. The summed E-state index contributed by atoms with van der Waals surface area (Å²) >= 11 is 0. The summed E-state index contributed by atoms with van der Waals surface area (Å²) in [5, 5.41) is 0. The van der Waals surface area contributed by atoms with E-state index in [1.54, 1.807) is 12.1 Å². The lowest BCUT2D eigenvalue weighted by atomic mass is 9.96. The third-order valence-electron chi connectivity index (χ3n) is 3.26. The van der Waals surface area contributed by atoms with Gasteiger partial charge in [0, 0.05) is 24.7 Å². The predicted molar refractivity (Wildman–Crippen MR) is 68.9 cm³/mol. The van der Waals surface area contributed by atoms with E-state index in [9.17, 15) is 9.18 Å². The number of anilines is 1. The van der Waals surface area contributed by atoms with E-state index < -0.39 is 11.7 Å².